The number of halogens is 1. The Morgan fingerprint density at radius 3 is 1.94 bits per heavy atom. The van der Waals surface area contributed by atoms with Gasteiger partial charge in [0, 0.05) is 5.54 Å². The van der Waals surface area contributed by atoms with Crippen molar-refractivity contribution in [1.82, 2.24) is 5.32 Å². The maximum Gasteiger partial charge on any atom is 0.0237 e. The fourth-order valence-electron chi connectivity index (χ4n) is 5.44. The van der Waals surface area contributed by atoms with Gasteiger partial charge in [0.2, 0.25) is 0 Å². The van der Waals surface area contributed by atoms with Crippen molar-refractivity contribution in [3.63, 3.8) is 0 Å². The van der Waals surface area contributed by atoms with Gasteiger partial charge >= 0.3 is 0 Å². The SMILES string of the molecule is CNC1(C)C2CCC(CC2)C12CCCC2.Cl. The van der Waals surface area contributed by atoms with Gasteiger partial charge in [-0.05, 0) is 69.7 Å². The first kappa shape index (κ1) is 12.7. The van der Waals surface area contributed by atoms with Gasteiger partial charge in [-0.1, -0.05) is 12.8 Å². The summed E-state index contributed by atoms with van der Waals surface area (Å²) in [5.41, 5.74) is 1.15. The average Bonchev–Trinajstić information content (AvgIpc) is 2.77. The zero-order valence-electron chi connectivity index (χ0n) is 10.7. The van der Waals surface area contributed by atoms with E-state index in [1.165, 1.54) is 51.4 Å². The van der Waals surface area contributed by atoms with E-state index in [0.717, 1.165) is 11.8 Å². The van der Waals surface area contributed by atoms with Crippen LogP contribution in [-0.4, -0.2) is 12.6 Å². The summed E-state index contributed by atoms with van der Waals surface area (Å²) in [6, 6.07) is 0. The molecule has 1 nitrogen and oxygen atoms in total. The highest BCUT2D eigenvalue weighted by Crippen LogP contribution is 2.64. The molecule has 0 aromatic rings. The summed E-state index contributed by atoms with van der Waals surface area (Å²) in [6.07, 6.45) is 12.0. The first-order chi connectivity index (χ1) is 7.23. The first-order valence-electron chi connectivity index (χ1n) is 6.92. The molecule has 4 rings (SSSR count). The van der Waals surface area contributed by atoms with Crippen LogP contribution in [0.15, 0.2) is 0 Å². The molecule has 0 aromatic carbocycles. The van der Waals surface area contributed by atoms with E-state index in [2.05, 4.69) is 19.3 Å². The van der Waals surface area contributed by atoms with Crippen molar-refractivity contribution in [2.45, 2.75) is 63.8 Å². The van der Waals surface area contributed by atoms with Crippen molar-refractivity contribution in [1.29, 1.82) is 0 Å². The molecule has 2 heteroatoms. The van der Waals surface area contributed by atoms with Crippen LogP contribution in [0, 0.1) is 17.3 Å². The van der Waals surface area contributed by atoms with Crippen molar-refractivity contribution in [3.8, 4) is 0 Å². The predicted molar refractivity (Wildman–Crippen MR) is 71.1 cm³/mol. The lowest BCUT2D eigenvalue weighted by atomic mass is 9.46. The van der Waals surface area contributed by atoms with Gasteiger partial charge in [-0.2, -0.15) is 0 Å². The Labute approximate surface area is 106 Å². The second-order valence-electron chi connectivity index (χ2n) is 6.36. The van der Waals surface area contributed by atoms with Gasteiger partial charge in [-0.15, -0.1) is 12.4 Å². The van der Waals surface area contributed by atoms with Crippen LogP contribution in [0.2, 0.25) is 0 Å². The molecular weight excluding hydrogens is 218 g/mol. The average molecular weight is 244 g/mol. The molecule has 0 amide bonds. The fraction of sp³-hybridized carbons (Fsp3) is 1.00. The van der Waals surface area contributed by atoms with E-state index in [1.54, 1.807) is 0 Å². The van der Waals surface area contributed by atoms with Gasteiger partial charge in [0.1, 0.15) is 0 Å². The summed E-state index contributed by atoms with van der Waals surface area (Å²) in [7, 11) is 2.21. The monoisotopic (exact) mass is 243 g/mol. The molecule has 16 heavy (non-hydrogen) atoms. The van der Waals surface area contributed by atoms with E-state index in [9.17, 15) is 0 Å². The van der Waals surface area contributed by atoms with Crippen LogP contribution in [0.3, 0.4) is 0 Å². The maximum atomic E-state index is 3.74. The molecule has 94 valence electrons. The highest BCUT2D eigenvalue weighted by atomic mass is 35.5. The van der Waals surface area contributed by atoms with Gasteiger partial charge in [0.05, 0.1) is 0 Å². The smallest absolute Gasteiger partial charge is 0.0237 e. The standard InChI is InChI=1S/C14H25N.ClH/c1-13(15-2)11-5-7-12(8-6-11)14(13)9-3-4-10-14;/h11-12,15H,3-10H2,1-2H3;1H. The normalized spacial score (nSPS) is 44.6. The minimum Gasteiger partial charge on any atom is -0.314 e. The number of hydrogen-bond acceptors (Lipinski definition) is 1. The molecule has 4 aliphatic rings. The number of rotatable bonds is 1. The van der Waals surface area contributed by atoms with Gasteiger partial charge in [0.15, 0.2) is 0 Å². The maximum absolute atomic E-state index is 3.74. The second-order valence-corrected chi connectivity index (χ2v) is 6.36. The van der Waals surface area contributed by atoms with Crippen molar-refractivity contribution in [2.75, 3.05) is 7.05 Å². The lowest BCUT2D eigenvalue weighted by molar-refractivity contribution is -0.0925. The summed E-state index contributed by atoms with van der Waals surface area (Å²) >= 11 is 0. The van der Waals surface area contributed by atoms with E-state index in [-0.39, 0.29) is 12.4 Å². The Kier molecular flexibility index (Phi) is 3.31. The third-order valence-corrected chi connectivity index (χ3v) is 6.37. The van der Waals surface area contributed by atoms with Crippen LogP contribution in [0.4, 0.5) is 0 Å². The van der Waals surface area contributed by atoms with E-state index in [4.69, 9.17) is 0 Å². The molecule has 1 atom stereocenters. The zero-order valence-corrected chi connectivity index (χ0v) is 11.5. The molecule has 0 aromatic heterocycles. The van der Waals surface area contributed by atoms with E-state index < -0.39 is 0 Å². The highest BCUT2D eigenvalue weighted by Gasteiger charge is 2.61. The zero-order chi connectivity index (χ0) is 10.5. The third-order valence-electron chi connectivity index (χ3n) is 6.37. The van der Waals surface area contributed by atoms with Crippen molar-refractivity contribution in [2.24, 2.45) is 17.3 Å². The lowest BCUT2D eigenvalue weighted by Crippen LogP contribution is -2.66. The molecule has 4 aliphatic carbocycles. The van der Waals surface area contributed by atoms with Crippen LogP contribution >= 0.6 is 12.4 Å². The summed E-state index contributed by atoms with van der Waals surface area (Å²) in [5.74, 6) is 2.01. The minimum absolute atomic E-state index is 0. The summed E-state index contributed by atoms with van der Waals surface area (Å²) in [6.45, 7) is 2.54. The van der Waals surface area contributed by atoms with Crippen molar-refractivity contribution < 1.29 is 0 Å². The Bertz CT molecular complexity index is 251. The Morgan fingerprint density at radius 1 is 0.938 bits per heavy atom. The van der Waals surface area contributed by atoms with Gasteiger partial charge in [0.25, 0.3) is 0 Å². The lowest BCUT2D eigenvalue weighted by Gasteiger charge is -2.63. The van der Waals surface area contributed by atoms with E-state index in [0.29, 0.717) is 11.0 Å². The summed E-state index contributed by atoms with van der Waals surface area (Å²) in [4.78, 5) is 0. The van der Waals surface area contributed by atoms with Crippen LogP contribution in [-0.2, 0) is 0 Å². The van der Waals surface area contributed by atoms with Crippen LogP contribution in [0.25, 0.3) is 0 Å². The van der Waals surface area contributed by atoms with Gasteiger partial charge in [-0.3, -0.25) is 0 Å². The molecule has 2 bridgehead atoms. The quantitative estimate of drug-likeness (QED) is 0.740. The van der Waals surface area contributed by atoms with Gasteiger partial charge in [-0.25, -0.2) is 0 Å². The second kappa shape index (κ2) is 4.17. The number of nitrogens with one attached hydrogen (secondary N) is 1. The molecule has 0 heterocycles. The summed E-state index contributed by atoms with van der Waals surface area (Å²) < 4.78 is 0. The van der Waals surface area contributed by atoms with E-state index >= 15 is 0 Å². The predicted octanol–water partition coefficient (Wildman–Crippen LogP) is 3.77. The van der Waals surface area contributed by atoms with Crippen LogP contribution in [0.5, 0.6) is 0 Å². The van der Waals surface area contributed by atoms with Crippen molar-refractivity contribution >= 4 is 12.4 Å². The Hall–Kier alpha value is 0.250. The summed E-state index contributed by atoms with van der Waals surface area (Å²) in [5, 5.41) is 3.74. The third kappa shape index (κ3) is 1.34. The molecule has 4 saturated carbocycles. The molecule has 1 N–H and O–H groups in total. The molecule has 4 fully saturated rings. The highest BCUT2D eigenvalue weighted by molar-refractivity contribution is 5.85. The Balaban J connectivity index is 0.000000963. The largest absolute Gasteiger partial charge is 0.314 e. The van der Waals surface area contributed by atoms with Crippen LogP contribution < -0.4 is 5.32 Å². The molecule has 1 unspecified atom stereocenters. The Morgan fingerprint density at radius 2 is 1.44 bits per heavy atom. The van der Waals surface area contributed by atoms with E-state index in [1.807, 2.05) is 0 Å². The van der Waals surface area contributed by atoms with Crippen LogP contribution in [0.1, 0.15) is 58.3 Å². The number of hydrogen-bond donors (Lipinski definition) is 1. The molecular formula is C14H26ClN. The molecule has 1 spiro atoms. The van der Waals surface area contributed by atoms with Crippen molar-refractivity contribution in [3.05, 3.63) is 0 Å². The topological polar surface area (TPSA) is 12.0 Å². The first-order valence-corrected chi connectivity index (χ1v) is 6.92. The molecule has 0 aliphatic heterocycles. The minimum atomic E-state index is 0. The number of fused-ring (bicyclic) bond motifs is 2. The molecule has 0 saturated heterocycles. The van der Waals surface area contributed by atoms with Gasteiger partial charge < -0.3 is 5.32 Å². The fourth-order valence-corrected chi connectivity index (χ4v) is 5.44. The molecule has 0 radical (unpaired) electrons.